The molecule has 22 heavy (non-hydrogen) atoms. The molecule has 1 aromatic rings. The van der Waals surface area contributed by atoms with Crippen molar-refractivity contribution in [1.82, 2.24) is 5.09 Å². The number of esters is 1. The first-order chi connectivity index (χ1) is 10.4. The van der Waals surface area contributed by atoms with E-state index in [0.29, 0.717) is 0 Å². The van der Waals surface area contributed by atoms with Crippen LogP contribution in [0, 0.1) is 0 Å². The van der Waals surface area contributed by atoms with E-state index in [4.69, 9.17) is 14.0 Å². The van der Waals surface area contributed by atoms with Crippen LogP contribution in [0.25, 0.3) is 0 Å². The molecule has 0 saturated carbocycles. The lowest BCUT2D eigenvalue weighted by atomic mass is 10.2. The Labute approximate surface area is 131 Å². The van der Waals surface area contributed by atoms with Gasteiger partial charge in [0.2, 0.25) is 0 Å². The number of nitrogens with one attached hydrogen (secondary N) is 1. The molecule has 7 heteroatoms. The van der Waals surface area contributed by atoms with Crippen molar-refractivity contribution in [2.45, 2.75) is 39.5 Å². The number of benzene rings is 1. The van der Waals surface area contributed by atoms with E-state index in [9.17, 15) is 9.36 Å². The van der Waals surface area contributed by atoms with Crippen molar-refractivity contribution in [2.75, 3.05) is 13.5 Å². The Morgan fingerprint density at radius 1 is 1.23 bits per heavy atom. The Balaban J connectivity index is 2.65. The molecule has 0 aliphatic heterocycles. The highest BCUT2D eigenvalue weighted by molar-refractivity contribution is 7.56. The van der Waals surface area contributed by atoms with Crippen LogP contribution in [0.4, 0.5) is 0 Å². The molecule has 0 spiro atoms. The molecule has 0 radical (unpaired) electrons. The van der Waals surface area contributed by atoms with E-state index in [1.165, 1.54) is 7.11 Å². The highest BCUT2D eigenvalue weighted by atomic mass is 31.2. The van der Waals surface area contributed by atoms with Gasteiger partial charge in [-0.15, -0.1) is 0 Å². The van der Waals surface area contributed by atoms with Gasteiger partial charge in [0.15, 0.2) is 0 Å². The third-order valence-corrected chi connectivity index (χ3v) is 4.60. The van der Waals surface area contributed by atoms with E-state index in [1.54, 1.807) is 20.8 Å². The van der Waals surface area contributed by atoms with E-state index in [2.05, 4.69) is 5.09 Å². The Bertz CT molecular complexity index is 506. The van der Waals surface area contributed by atoms with Crippen LogP contribution in [0.15, 0.2) is 30.3 Å². The van der Waals surface area contributed by atoms with Gasteiger partial charge in [0.25, 0.3) is 7.52 Å². The first-order valence-electron chi connectivity index (χ1n) is 7.11. The van der Waals surface area contributed by atoms with Gasteiger partial charge in [0, 0.05) is 7.11 Å². The van der Waals surface area contributed by atoms with Crippen molar-refractivity contribution in [3.63, 3.8) is 0 Å². The number of hydrogen-bond donors (Lipinski definition) is 1. The van der Waals surface area contributed by atoms with Crippen molar-refractivity contribution in [3.05, 3.63) is 35.9 Å². The summed E-state index contributed by atoms with van der Waals surface area (Å²) in [7, 11) is -1.88. The maximum Gasteiger partial charge on any atom is 0.323 e. The number of methoxy groups -OCH3 is 1. The first kappa shape index (κ1) is 18.8. The molecule has 0 heterocycles. The third-order valence-electron chi connectivity index (χ3n) is 2.68. The zero-order valence-electron chi connectivity index (χ0n) is 13.4. The molecule has 1 rings (SSSR count). The van der Waals surface area contributed by atoms with Crippen LogP contribution >= 0.6 is 7.52 Å². The average Bonchev–Trinajstić information content (AvgIpc) is 2.46. The second-order valence-electron chi connectivity index (χ2n) is 5.19. The molecule has 0 fully saturated rings. The fourth-order valence-corrected chi connectivity index (χ4v) is 3.33. The topological polar surface area (TPSA) is 73.9 Å². The molecule has 0 saturated heterocycles. The van der Waals surface area contributed by atoms with Crippen molar-refractivity contribution >= 4 is 13.5 Å². The summed E-state index contributed by atoms with van der Waals surface area (Å²) in [5.41, 5.74) is 0.887. The second kappa shape index (κ2) is 9.06. The molecule has 0 aromatic heterocycles. The summed E-state index contributed by atoms with van der Waals surface area (Å²) < 4.78 is 28.2. The largest absolute Gasteiger partial charge is 0.462 e. The minimum Gasteiger partial charge on any atom is -0.462 e. The summed E-state index contributed by atoms with van der Waals surface area (Å²) >= 11 is 0. The Morgan fingerprint density at radius 3 is 2.41 bits per heavy atom. The molecule has 0 bridgehead atoms. The predicted octanol–water partition coefficient (Wildman–Crippen LogP) is 2.93. The SMILES string of the molecule is COCP(=O)(NC(C)C(=O)OC(C)C)OCc1ccccc1. The van der Waals surface area contributed by atoms with Gasteiger partial charge in [-0.1, -0.05) is 30.3 Å². The molecular weight excluding hydrogens is 305 g/mol. The third kappa shape index (κ3) is 6.71. The summed E-state index contributed by atoms with van der Waals surface area (Å²) in [4.78, 5) is 11.8. The fraction of sp³-hybridized carbons (Fsp3) is 0.533. The van der Waals surface area contributed by atoms with Crippen LogP contribution in [-0.4, -0.2) is 31.6 Å². The van der Waals surface area contributed by atoms with E-state index in [1.807, 2.05) is 30.3 Å². The van der Waals surface area contributed by atoms with Crippen LogP contribution in [0.5, 0.6) is 0 Å². The quantitative estimate of drug-likeness (QED) is 0.555. The minimum atomic E-state index is -3.31. The van der Waals surface area contributed by atoms with Crippen LogP contribution < -0.4 is 5.09 Å². The lowest BCUT2D eigenvalue weighted by Gasteiger charge is -2.23. The van der Waals surface area contributed by atoms with Gasteiger partial charge in [0.05, 0.1) is 12.7 Å². The summed E-state index contributed by atoms with van der Waals surface area (Å²) in [6, 6.07) is 8.62. The van der Waals surface area contributed by atoms with Crippen molar-refractivity contribution in [3.8, 4) is 0 Å². The zero-order chi connectivity index (χ0) is 16.6. The predicted molar refractivity (Wildman–Crippen MR) is 84.5 cm³/mol. The van der Waals surface area contributed by atoms with Gasteiger partial charge < -0.3 is 14.0 Å². The number of rotatable bonds is 9. The van der Waals surface area contributed by atoms with E-state index in [-0.39, 0.29) is 19.1 Å². The second-order valence-corrected chi connectivity index (χ2v) is 7.31. The van der Waals surface area contributed by atoms with Crippen LogP contribution in [0.2, 0.25) is 0 Å². The van der Waals surface area contributed by atoms with Crippen LogP contribution in [0.3, 0.4) is 0 Å². The number of carbonyl (C=O) groups is 1. The molecule has 1 aromatic carbocycles. The molecule has 6 nitrogen and oxygen atoms in total. The maximum absolute atomic E-state index is 12.7. The summed E-state index contributed by atoms with van der Waals surface area (Å²) in [5.74, 6) is -0.477. The van der Waals surface area contributed by atoms with Crippen LogP contribution in [-0.2, 0) is 30.0 Å². The monoisotopic (exact) mass is 329 g/mol. The number of ether oxygens (including phenoxy) is 2. The van der Waals surface area contributed by atoms with Crippen molar-refractivity contribution in [2.24, 2.45) is 0 Å². The normalized spacial score (nSPS) is 15.3. The van der Waals surface area contributed by atoms with Crippen LogP contribution in [0.1, 0.15) is 26.3 Å². The smallest absolute Gasteiger partial charge is 0.323 e. The van der Waals surface area contributed by atoms with E-state index in [0.717, 1.165) is 5.56 Å². The standard InChI is InChI=1S/C15H24NO5P/c1-12(2)21-15(17)13(3)16-22(18,11-19-4)20-10-14-8-6-5-7-9-14/h5-9,12-13H,10-11H2,1-4H3,(H,16,18). The summed E-state index contributed by atoms with van der Waals surface area (Å²) in [6.07, 6.45) is -0.358. The van der Waals surface area contributed by atoms with Gasteiger partial charge in [0.1, 0.15) is 12.4 Å². The minimum absolute atomic E-state index is 0.126. The van der Waals surface area contributed by atoms with Crippen molar-refractivity contribution in [1.29, 1.82) is 0 Å². The molecule has 2 atom stereocenters. The number of carbonyl (C=O) groups excluding carboxylic acids is 1. The van der Waals surface area contributed by atoms with E-state index < -0.39 is 19.5 Å². The first-order valence-corrected chi connectivity index (χ1v) is 8.92. The van der Waals surface area contributed by atoms with Gasteiger partial charge in [-0.25, -0.2) is 5.09 Å². The Morgan fingerprint density at radius 2 is 1.86 bits per heavy atom. The highest BCUT2D eigenvalue weighted by Crippen LogP contribution is 2.43. The average molecular weight is 329 g/mol. The number of hydrogen-bond acceptors (Lipinski definition) is 5. The fourth-order valence-electron chi connectivity index (χ4n) is 1.72. The molecule has 2 unspecified atom stereocenters. The van der Waals surface area contributed by atoms with E-state index >= 15 is 0 Å². The molecule has 124 valence electrons. The maximum atomic E-state index is 12.7. The molecule has 0 amide bonds. The lowest BCUT2D eigenvalue weighted by molar-refractivity contribution is -0.149. The van der Waals surface area contributed by atoms with Gasteiger partial charge in [-0.05, 0) is 26.3 Å². The molecule has 0 aliphatic carbocycles. The van der Waals surface area contributed by atoms with Crippen molar-refractivity contribution < 1.29 is 23.4 Å². The molecule has 0 aliphatic rings. The molecular formula is C15H24NO5P. The van der Waals surface area contributed by atoms with Gasteiger partial charge in [-0.3, -0.25) is 9.36 Å². The molecule has 1 N–H and O–H groups in total. The summed E-state index contributed by atoms with van der Waals surface area (Å²) in [5, 5.41) is 2.70. The van der Waals surface area contributed by atoms with Gasteiger partial charge >= 0.3 is 5.97 Å². The Kier molecular flexibility index (Phi) is 7.76. The van der Waals surface area contributed by atoms with Gasteiger partial charge in [-0.2, -0.15) is 0 Å². The lowest BCUT2D eigenvalue weighted by Crippen LogP contribution is -2.35. The summed E-state index contributed by atoms with van der Waals surface area (Å²) in [6.45, 7) is 5.26. The zero-order valence-corrected chi connectivity index (χ0v) is 14.3. The Hall–Kier alpha value is -1.20. The highest BCUT2D eigenvalue weighted by Gasteiger charge is 2.29.